The van der Waals surface area contributed by atoms with Crippen molar-refractivity contribution >= 4 is 27.8 Å². The second kappa shape index (κ2) is 11.0. The van der Waals surface area contributed by atoms with E-state index < -0.39 is 22.9 Å². The molecule has 1 fully saturated rings. The lowest BCUT2D eigenvalue weighted by Gasteiger charge is -2.14. The highest BCUT2D eigenvalue weighted by Crippen LogP contribution is 2.30. The number of para-hydroxylation sites is 2. The lowest BCUT2D eigenvalue weighted by atomic mass is 10.1. The maximum atomic E-state index is 13.4. The van der Waals surface area contributed by atoms with Crippen LogP contribution in [-0.2, 0) is 37.8 Å². The van der Waals surface area contributed by atoms with Gasteiger partial charge in [-0.15, -0.1) is 0 Å². The Morgan fingerprint density at radius 2 is 1.89 bits per heavy atom. The second-order valence-corrected chi connectivity index (χ2v) is 9.86. The van der Waals surface area contributed by atoms with Crippen molar-refractivity contribution in [1.29, 1.82) is 0 Å². The van der Waals surface area contributed by atoms with Crippen LogP contribution in [0.3, 0.4) is 0 Å². The summed E-state index contributed by atoms with van der Waals surface area (Å²) in [7, 11) is -1.61. The molecule has 2 heterocycles. The molecular weight excluding hydrogens is 485 g/mol. The Morgan fingerprint density at radius 3 is 2.67 bits per heavy atom. The molecular formula is C26H24FN3O5S. The SMILES string of the molecule is O=C(OCn1c(S(=O)Cc2cc(OCC3CC3)ccn2)nc2ccccc21)C(OF)c1ccccc1. The van der Waals surface area contributed by atoms with E-state index in [1.54, 1.807) is 66.9 Å². The van der Waals surface area contributed by atoms with Gasteiger partial charge in [0.15, 0.2) is 6.73 Å². The van der Waals surface area contributed by atoms with Crippen molar-refractivity contribution in [2.45, 2.75) is 36.6 Å². The Labute approximate surface area is 209 Å². The molecule has 0 radical (unpaired) electrons. The van der Waals surface area contributed by atoms with Crippen molar-refractivity contribution < 1.29 is 27.9 Å². The van der Waals surface area contributed by atoms with Gasteiger partial charge >= 0.3 is 5.97 Å². The van der Waals surface area contributed by atoms with E-state index in [1.165, 1.54) is 17.4 Å². The zero-order valence-electron chi connectivity index (χ0n) is 19.3. The third-order valence-electron chi connectivity index (χ3n) is 5.81. The molecule has 0 saturated heterocycles. The third kappa shape index (κ3) is 5.60. The number of fused-ring (bicyclic) bond motifs is 1. The molecule has 1 aliphatic carbocycles. The number of benzene rings is 2. The third-order valence-corrected chi connectivity index (χ3v) is 7.09. The van der Waals surface area contributed by atoms with Crippen LogP contribution >= 0.6 is 0 Å². The topological polar surface area (TPSA) is 92.5 Å². The number of halogens is 1. The number of carbonyl (C=O) groups excluding carboxylic acids is 1. The summed E-state index contributed by atoms with van der Waals surface area (Å²) in [6, 6.07) is 18.9. The minimum Gasteiger partial charge on any atom is -0.493 e. The fourth-order valence-electron chi connectivity index (χ4n) is 3.73. The number of rotatable bonds is 11. The van der Waals surface area contributed by atoms with Crippen LogP contribution < -0.4 is 4.74 Å². The monoisotopic (exact) mass is 509 g/mol. The zero-order valence-corrected chi connectivity index (χ0v) is 20.1. The summed E-state index contributed by atoms with van der Waals surface area (Å²) in [6.45, 7) is 0.353. The summed E-state index contributed by atoms with van der Waals surface area (Å²) in [5, 5.41) is 0.215. The quantitative estimate of drug-likeness (QED) is 0.271. The highest BCUT2D eigenvalue weighted by Gasteiger charge is 2.26. The smallest absolute Gasteiger partial charge is 0.345 e. The molecule has 36 heavy (non-hydrogen) atoms. The Kier molecular flexibility index (Phi) is 7.33. The molecule has 4 aromatic rings. The Morgan fingerprint density at radius 1 is 1.11 bits per heavy atom. The highest BCUT2D eigenvalue weighted by atomic mass is 32.2. The van der Waals surface area contributed by atoms with Crippen molar-refractivity contribution in [2.24, 2.45) is 5.92 Å². The van der Waals surface area contributed by atoms with Crippen LogP contribution in [0.15, 0.2) is 78.1 Å². The van der Waals surface area contributed by atoms with Gasteiger partial charge in [0, 0.05) is 12.3 Å². The van der Waals surface area contributed by atoms with Crippen LogP contribution in [0.2, 0.25) is 0 Å². The number of esters is 1. The normalized spacial score (nSPS) is 14.9. The summed E-state index contributed by atoms with van der Waals surface area (Å²) in [6.07, 6.45) is 2.47. The number of pyridine rings is 1. The van der Waals surface area contributed by atoms with E-state index in [2.05, 4.69) is 14.9 Å². The molecule has 2 atom stereocenters. The maximum Gasteiger partial charge on any atom is 0.345 e. The number of hydrogen-bond acceptors (Lipinski definition) is 7. The Hall–Kier alpha value is -3.63. The number of imidazole rings is 1. The van der Waals surface area contributed by atoms with Gasteiger partial charge in [0.2, 0.25) is 11.3 Å². The van der Waals surface area contributed by atoms with Gasteiger partial charge in [-0.25, -0.2) is 9.78 Å². The standard InChI is InChI=1S/C26H24FN3O5S/c27-35-24(19-6-2-1-3-7-19)25(31)34-17-30-23-9-5-4-8-22(23)29-26(30)36(32)16-20-14-21(12-13-28-20)33-15-18-10-11-18/h1-9,12-14,18,24H,10-11,15-17H2. The van der Waals surface area contributed by atoms with Crippen molar-refractivity contribution in [1.82, 2.24) is 14.5 Å². The molecule has 1 saturated carbocycles. The predicted octanol–water partition coefficient (Wildman–Crippen LogP) is 4.67. The molecule has 0 amide bonds. The summed E-state index contributed by atoms with van der Waals surface area (Å²) in [5.41, 5.74) is 2.12. The zero-order chi connectivity index (χ0) is 24.9. The van der Waals surface area contributed by atoms with Crippen LogP contribution in [0.5, 0.6) is 5.75 Å². The number of ether oxygens (including phenoxy) is 2. The minimum atomic E-state index is -1.61. The molecule has 2 aromatic heterocycles. The molecule has 0 bridgehead atoms. The molecule has 8 nitrogen and oxygen atoms in total. The molecule has 0 N–H and O–H groups in total. The van der Waals surface area contributed by atoms with Crippen LogP contribution in [0.1, 0.15) is 30.2 Å². The first-order valence-corrected chi connectivity index (χ1v) is 12.8. The number of nitrogens with zero attached hydrogens (tertiary/aromatic N) is 3. The summed E-state index contributed by atoms with van der Waals surface area (Å²) in [5.74, 6) is 0.477. The highest BCUT2D eigenvalue weighted by molar-refractivity contribution is 7.84. The van der Waals surface area contributed by atoms with Gasteiger partial charge in [-0.2, -0.15) is 4.94 Å². The molecule has 10 heteroatoms. The molecule has 0 aliphatic heterocycles. The summed E-state index contributed by atoms with van der Waals surface area (Å²) < 4.78 is 39.3. The Bertz CT molecular complexity index is 1380. The van der Waals surface area contributed by atoms with Crippen molar-refractivity contribution in [3.05, 3.63) is 84.2 Å². The first-order chi connectivity index (χ1) is 17.6. The van der Waals surface area contributed by atoms with Crippen molar-refractivity contribution in [3.8, 4) is 5.75 Å². The molecule has 0 spiro atoms. The predicted molar refractivity (Wildman–Crippen MR) is 130 cm³/mol. The van der Waals surface area contributed by atoms with Gasteiger partial charge in [-0.05, 0) is 47.0 Å². The van der Waals surface area contributed by atoms with E-state index >= 15 is 0 Å². The van der Waals surface area contributed by atoms with Crippen LogP contribution in [0.25, 0.3) is 11.0 Å². The molecule has 2 aromatic carbocycles. The van der Waals surface area contributed by atoms with E-state index in [1.807, 2.05) is 6.07 Å². The average molecular weight is 510 g/mol. The van der Waals surface area contributed by atoms with E-state index in [9.17, 15) is 13.5 Å². The van der Waals surface area contributed by atoms with Crippen molar-refractivity contribution in [3.63, 3.8) is 0 Å². The lowest BCUT2D eigenvalue weighted by Crippen LogP contribution is -2.19. The largest absolute Gasteiger partial charge is 0.493 e. The second-order valence-electron chi connectivity index (χ2n) is 8.51. The fraction of sp³-hybridized carbons (Fsp3) is 0.269. The molecule has 2 unspecified atom stereocenters. The summed E-state index contributed by atoms with van der Waals surface area (Å²) in [4.78, 5) is 25.3. The van der Waals surface area contributed by atoms with Gasteiger partial charge in [-0.3, -0.25) is 13.8 Å². The van der Waals surface area contributed by atoms with E-state index in [-0.39, 0.29) is 17.6 Å². The van der Waals surface area contributed by atoms with Crippen molar-refractivity contribution in [2.75, 3.05) is 6.61 Å². The van der Waals surface area contributed by atoms with Crippen LogP contribution in [0.4, 0.5) is 4.53 Å². The molecule has 186 valence electrons. The minimum absolute atomic E-state index is 0.0954. The maximum absolute atomic E-state index is 13.4. The summed E-state index contributed by atoms with van der Waals surface area (Å²) >= 11 is 0. The number of carbonyl (C=O) groups is 1. The fourth-order valence-corrected chi connectivity index (χ4v) is 4.88. The van der Waals surface area contributed by atoms with E-state index in [4.69, 9.17) is 9.47 Å². The van der Waals surface area contributed by atoms with Gasteiger partial charge in [0.1, 0.15) is 5.75 Å². The lowest BCUT2D eigenvalue weighted by molar-refractivity contribution is -0.208. The first kappa shape index (κ1) is 24.1. The Balaban J connectivity index is 1.34. The average Bonchev–Trinajstić information content (AvgIpc) is 3.66. The van der Waals surface area contributed by atoms with Gasteiger partial charge < -0.3 is 9.47 Å². The van der Waals surface area contributed by atoms with Gasteiger partial charge in [-0.1, -0.05) is 42.5 Å². The number of hydrogen-bond donors (Lipinski definition) is 0. The van der Waals surface area contributed by atoms with E-state index in [0.717, 1.165) is 0 Å². The van der Waals surface area contributed by atoms with Crippen LogP contribution in [0, 0.1) is 5.92 Å². The molecule has 5 rings (SSSR count). The van der Waals surface area contributed by atoms with Gasteiger partial charge in [0.25, 0.3) is 0 Å². The number of aromatic nitrogens is 3. The van der Waals surface area contributed by atoms with Gasteiger partial charge in [0.05, 0.1) is 39.9 Å². The van der Waals surface area contributed by atoms with Crippen LogP contribution in [-0.4, -0.2) is 31.3 Å². The van der Waals surface area contributed by atoms with E-state index in [0.29, 0.717) is 40.6 Å². The molecule has 1 aliphatic rings. The first-order valence-electron chi connectivity index (χ1n) is 11.5.